The molecule has 0 atom stereocenters. The van der Waals surface area contributed by atoms with Gasteiger partial charge in [-0.3, -0.25) is 4.79 Å². The van der Waals surface area contributed by atoms with E-state index in [9.17, 15) is 4.79 Å². The highest BCUT2D eigenvalue weighted by atomic mass is 16.5. The van der Waals surface area contributed by atoms with Gasteiger partial charge in [0.25, 0.3) is 5.91 Å². The molecule has 0 spiro atoms. The van der Waals surface area contributed by atoms with E-state index >= 15 is 0 Å². The monoisotopic (exact) mass is 482 g/mol. The number of ether oxygens (including phenoxy) is 3. The van der Waals surface area contributed by atoms with Crippen LogP contribution in [0.3, 0.4) is 0 Å². The van der Waals surface area contributed by atoms with Crippen molar-refractivity contribution in [2.24, 2.45) is 0 Å². The fraction of sp³-hybridized carbons (Fsp3) is 0.179. The van der Waals surface area contributed by atoms with Gasteiger partial charge in [0.15, 0.2) is 5.82 Å². The van der Waals surface area contributed by atoms with Gasteiger partial charge in [0.1, 0.15) is 11.5 Å². The highest BCUT2D eigenvalue weighted by Crippen LogP contribution is 2.25. The molecule has 3 aromatic carbocycles. The zero-order chi connectivity index (χ0) is 24.7. The van der Waals surface area contributed by atoms with Gasteiger partial charge in [0, 0.05) is 47.9 Å². The van der Waals surface area contributed by atoms with Crippen LogP contribution in [-0.2, 0) is 4.74 Å². The lowest BCUT2D eigenvalue weighted by molar-refractivity contribution is 0.102. The van der Waals surface area contributed by atoms with E-state index in [1.165, 1.54) is 0 Å². The summed E-state index contributed by atoms with van der Waals surface area (Å²) in [5.41, 5.74) is 3.07. The van der Waals surface area contributed by atoms with Crippen LogP contribution in [0.25, 0.3) is 11.4 Å². The Morgan fingerprint density at radius 3 is 2.44 bits per heavy atom. The number of benzene rings is 3. The first-order valence-corrected chi connectivity index (χ1v) is 11.7. The van der Waals surface area contributed by atoms with Gasteiger partial charge in [-0.1, -0.05) is 12.1 Å². The minimum atomic E-state index is -0.207. The molecule has 4 aromatic rings. The second-order valence-electron chi connectivity index (χ2n) is 8.18. The van der Waals surface area contributed by atoms with Crippen LogP contribution in [0.4, 0.5) is 11.4 Å². The average Bonchev–Trinajstić information content (AvgIpc) is 2.94. The van der Waals surface area contributed by atoms with Crippen LogP contribution < -0.4 is 19.7 Å². The number of carbonyl (C=O) groups is 1. The van der Waals surface area contributed by atoms with E-state index in [1.54, 1.807) is 43.6 Å². The number of anilines is 2. The van der Waals surface area contributed by atoms with Crippen molar-refractivity contribution in [2.45, 2.75) is 0 Å². The molecule has 5 rings (SSSR count). The molecule has 0 unspecified atom stereocenters. The Bertz CT molecular complexity index is 1320. The van der Waals surface area contributed by atoms with E-state index in [4.69, 9.17) is 14.2 Å². The summed E-state index contributed by atoms with van der Waals surface area (Å²) in [6.45, 7) is 3.20. The maximum Gasteiger partial charge on any atom is 0.255 e. The second-order valence-corrected chi connectivity index (χ2v) is 8.18. The standard InChI is InChI=1S/C28H26N4O4/c1-34-24-9-11-25(12-10-24)36-26-13-14-29-27(31-26)20-3-2-4-21(19-20)28(33)30-22-5-7-23(8-6-22)32-15-17-35-18-16-32/h2-14,19H,15-18H2,1H3,(H,30,33). The largest absolute Gasteiger partial charge is 0.497 e. The summed E-state index contributed by atoms with van der Waals surface area (Å²) in [6, 6.07) is 24.0. The molecule has 0 saturated carbocycles. The molecule has 0 aliphatic carbocycles. The topological polar surface area (TPSA) is 85.8 Å². The van der Waals surface area contributed by atoms with E-state index in [1.807, 2.05) is 48.5 Å². The van der Waals surface area contributed by atoms with Crippen LogP contribution in [0.1, 0.15) is 10.4 Å². The number of nitrogens with one attached hydrogen (secondary N) is 1. The van der Waals surface area contributed by atoms with Gasteiger partial charge >= 0.3 is 0 Å². The predicted octanol–water partition coefficient (Wildman–Crippen LogP) is 5.03. The number of hydrogen-bond acceptors (Lipinski definition) is 7. The molecule has 1 fully saturated rings. The highest BCUT2D eigenvalue weighted by molar-refractivity contribution is 6.04. The molecule has 1 N–H and O–H groups in total. The third-order valence-electron chi connectivity index (χ3n) is 5.80. The van der Waals surface area contributed by atoms with Crippen LogP contribution in [0, 0.1) is 0 Å². The van der Waals surface area contributed by atoms with E-state index in [2.05, 4.69) is 20.2 Å². The number of carbonyl (C=O) groups excluding carboxylic acids is 1. The molecule has 1 aliphatic rings. The van der Waals surface area contributed by atoms with E-state index < -0.39 is 0 Å². The first-order chi connectivity index (χ1) is 17.7. The third kappa shape index (κ3) is 5.61. The van der Waals surface area contributed by atoms with Gasteiger partial charge in [-0.2, -0.15) is 4.98 Å². The molecular weight excluding hydrogens is 456 g/mol. The molecule has 1 saturated heterocycles. The molecular formula is C28H26N4O4. The Kier molecular flexibility index (Phi) is 7.05. The molecule has 1 amide bonds. The quantitative estimate of drug-likeness (QED) is 0.395. The fourth-order valence-corrected chi connectivity index (χ4v) is 3.88. The molecule has 1 aromatic heterocycles. The smallest absolute Gasteiger partial charge is 0.255 e. The first-order valence-electron chi connectivity index (χ1n) is 11.7. The Balaban J connectivity index is 1.27. The summed E-state index contributed by atoms with van der Waals surface area (Å²) in [7, 11) is 1.61. The van der Waals surface area contributed by atoms with Crippen LogP contribution in [0.2, 0.25) is 0 Å². The third-order valence-corrected chi connectivity index (χ3v) is 5.80. The maximum absolute atomic E-state index is 12.9. The van der Waals surface area contributed by atoms with Crippen molar-refractivity contribution in [2.75, 3.05) is 43.6 Å². The minimum absolute atomic E-state index is 0.207. The van der Waals surface area contributed by atoms with Crippen molar-refractivity contribution in [1.29, 1.82) is 0 Å². The molecule has 182 valence electrons. The lowest BCUT2D eigenvalue weighted by Crippen LogP contribution is -2.36. The summed E-state index contributed by atoms with van der Waals surface area (Å²) in [4.78, 5) is 24.1. The van der Waals surface area contributed by atoms with Crippen molar-refractivity contribution in [3.8, 4) is 28.8 Å². The minimum Gasteiger partial charge on any atom is -0.497 e. The predicted molar refractivity (Wildman–Crippen MR) is 138 cm³/mol. The maximum atomic E-state index is 12.9. The zero-order valence-electron chi connectivity index (χ0n) is 19.9. The summed E-state index contributed by atoms with van der Waals surface area (Å²) >= 11 is 0. The normalized spacial score (nSPS) is 13.2. The number of nitrogens with zero attached hydrogens (tertiary/aromatic N) is 3. The van der Waals surface area contributed by atoms with Gasteiger partial charge < -0.3 is 24.4 Å². The van der Waals surface area contributed by atoms with Crippen molar-refractivity contribution < 1.29 is 19.0 Å². The number of aromatic nitrogens is 2. The molecule has 8 nitrogen and oxygen atoms in total. The SMILES string of the molecule is COc1ccc(Oc2ccnc(-c3cccc(C(=O)Nc4ccc(N5CCOCC5)cc4)c3)n2)cc1. The average molecular weight is 483 g/mol. The van der Waals surface area contributed by atoms with E-state index in [0.717, 1.165) is 43.4 Å². The Labute approximate surface area is 209 Å². The van der Waals surface area contributed by atoms with Gasteiger partial charge in [0.05, 0.1) is 20.3 Å². The number of hydrogen-bond donors (Lipinski definition) is 1. The van der Waals surface area contributed by atoms with E-state index in [-0.39, 0.29) is 5.91 Å². The van der Waals surface area contributed by atoms with Gasteiger partial charge in [-0.15, -0.1) is 0 Å². The fourth-order valence-electron chi connectivity index (χ4n) is 3.88. The molecule has 0 bridgehead atoms. The summed E-state index contributed by atoms with van der Waals surface area (Å²) < 4.78 is 16.4. The highest BCUT2D eigenvalue weighted by Gasteiger charge is 2.13. The lowest BCUT2D eigenvalue weighted by atomic mass is 10.1. The van der Waals surface area contributed by atoms with Crippen molar-refractivity contribution in [3.63, 3.8) is 0 Å². The van der Waals surface area contributed by atoms with Gasteiger partial charge in [0.2, 0.25) is 5.88 Å². The Morgan fingerprint density at radius 1 is 0.944 bits per heavy atom. The molecule has 1 aliphatic heterocycles. The number of morpholine rings is 1. The summed E-state index contributed by atoms with van der Waals surface area (Å²) in [5.74, 6) is 2.04. The van der Waals surface area contributed by atoms with Crippen LogP contribution >= 0.6 is 0 Å². The second kappa shape index (κ2) is 10.9. The van der Waals surface area contributed by atoms with Crippen molar-refractivity contribution in [3.05, 3.63) is 90.6 Å². The van der Waals surface area contributed by atoms with Gasteiger partial charge in [-0.05, 0) is 60.7 Å². The molecule has 0 radical (unpaired) electrons. The molecule has 8 heteroatoms. The Hall–Kier alpha value is -4.43. The van der Waals surface area contributed by atoms with Crippen LogP contribution in [0.15, 0.2) is 85.1 Å². The number of amides is 1. The van der Waals surface area contributed by atoms with E-state index in [0.29, 0.717) is 28.6 Å². The number of methoxy groups -OCH3 is 1. The lowest BCUT2D eigenvalue weighted by Gasteiger charge is -2.28. The van der Waals surface area contributed by atoms with Crippen LogP contribution in [-0.4, -0.2) is 49.3 Å². The Morgan fingerprint density at radius 2 is 1.69 bits per heavy atom. The zero-order valence-corrected chi connectivity index (χ0v) is 19.9. The summed E-state index contributed by atoms with van der Waals surface area (Å²) in [5, 5.41) is 2.96. The van der Waals surface area contributed by atoms with Crippen molar-refractivity contribution in [1.82, 2.24) is 9.97 Å². The molecule has 2 heterocycles. The summed E-state index contributed by atoms with van der Waals surface area (Å²) in [6.07, 6.45) is 1.63. The van der Waals surface area contributed by atoms with Crippen molar-refractivity contribution >= 4 is 17.3 Å². The van der Waals surface area contributed by atoms with Crippen LogP contribution in [0.5, 0.6) is 17.4 Å². The first kappa shape index (κ1) is 23.3. The number of rotatable bonds is 7. The molecule has 36 heavy (non-hydrogen) atoms. The van der Waals surface area contributed by atoms with Gasteiger partial charge in [-0.25, -0.2) is 4.98 Å².